The van der Waals surface area contributed by atoms with Gasteiger partial charge in [-0.3, -0.25) is 0 Å². The van der Waals surface area contributed by atoms with Crippen LogP contribution in [0.2, 0.25) is 0 Å². The standard InChI is InChI=1S/C11H15O/c1-11(2,3)9-6-5-7-10(8-9)12-4/h5-8H,4H2,1-3H3. The van der Waals surface area contributed by atoms with E-state index in [2.05, 4.69) is 33.9 Å². The smallest absolute Gasteiger partial charge is 0.122 e. The average molecular weight is 163 g/mol. The summed E-state index contributed by atoms with van der Waals surface area (Å²) in [7, 11) is 3.38. The third-order valence-electron chi connectivity index (χ3n) is 1.87. The molecule has 0 amide bonds. The van der Waals surface area contributed by atoms with Crippen LogP contribution in [-0.2, 0) is 5.41 Å². The second-order valence-electron chi connectivity index (χ2n) is 3.92. The first-order chi connectivity index (χ1) is 5.54. The van der Waals surface area contributed by atoms with Crippen LogP contribution in [0.25, 0.3) is 0 Å². The third-order valence-corrected chi connectivity index (χ3v) is 1.87. The fraction of sp³-hybridized carbons (Fsp3) is 0.364. The molecule has 1 heteroatoms. The summed E-state index contributed by atoms with van der Waals surface area (Å²) in [5.41, 5.74) is 1.44. The fourth-order valence-corrected chi connectivity index (χ4v) is 1.05. The zero-order valence-corrected chi connectivity index (χ0v) is 7.92. The summed E-state index contributed by atoms with van der Waals surface area (Å²) in [6, 6.07) is 8.01. The zero-order chi connectivity index (χ0) is 9.19. The van der Waals surface area contributed by atoms with E-state index in [9.17, 15) is 0 Å². The van der Waals surface area contributed by atoms with Crippen molar-refractivity contribution >= 4 is 0 Å². The molecule has 0 spiro atoms. The van der Waals surface area contributed by atoms with Crippen LogP contribution < -0.4 is 4.74 Å². The number of hydrogen-bond donors (Lipinski definition) is 0. The highest BCUT2D eigenvalue weighted by Crippen LogP contribution is 2.25. The first kappa shape index (κ1) is 9.11. The first-order valence-electron chi connectivity index (χ1n) is 4.06. The molecule has 1 aromatic carbocycles. The molecule has 1 radical (unpaired) electrons. The second-order valence-corrected chi connectivity index (χ2v) is 3.92. The molecule has 0 atom stereocenters. The quantitative estimate of drug-likeness (QED) is 0.618. The van der Waals surface area contributed by atoms with E-state index in [1.165, 1.54) is 5.56 Å². The van der Waals surface area contributed by atoms with Gasteiger partial charge in [0.1, 0.15) is 12.9 Å². The summed E-state index contributed by atoms with van der Waals surface area (Å²) in [6.07, 6.45) is 0. The number of ether oxygens (including phenoxy) is 1. The van der Waals surface area contributed by atoms with Gasteiger partial charge in [-0.25, -0.2) is 0 Å². The molecule has 0 N–H and O–H groups in total. The predicted molar refractivity (Wildman–Crippen MR) is 51.1 cm³/mol. The molecule has 1 rings (SSSR count). The lowest BCUT2D eigenvalue weighted by atomic mass is 9.87. The van der Waals surface area contributed by atoms with Crippen LogP contribution in [0.3, 0.4) is 0 Å². The van der Waals surface area contributed by atoms with Crippen molar-refractivity contribution < 1.29 is 4.74 Å². The maximum Gasteiger partial charge on any atom is 0.122 e. The van der Waals surface area contributed by atoms with Crippen molar-refractivity contribution in [3.05, 3.63) is 36.9 Å². The van der Waals surface area contributed by atoms with E-state index >= 15 is 0 Å². The number of rotatable bonds is 1. The molecule has 1 nitrogen and oxygen atoms in total. The molecule has 0 heterocycles. The second kappa shape index (κ2) is 3.18. The lowest BCUT2D eigenvalue weighted by Gasteiger charge is -2.19. The third kappa shape index (κ3) is 2.00. The molecule has 0 aliphatic rings. The fourth-order valence-electron chi connectivity index (χ4n) is 1.05. The van der Waals surface area contributed by atoms with Crippen molar-refractivity contribution in [2.75, 3.05) is 0 Å². The summed E-state index contributed by atoms with van der Waals surface area (Å²) in [4.78, 5) is 0. The van der Waals surface area contributed by atoms with Gasteiger partial charge in [-0.1, -0.05) is 32.9 Å². The Kier molecular flexibility index (Phi) is 2.41. The minimum absolute atomic E-state index is 0.175. The molecule has 0 saturated heterocycles. The van der Waals surface area contributed by atoms with Crippen LogP contribution in [0.1, 0.15) is 26.3 Å². The SMILES string of the molecule is [CH2]Oc1cccc(C(C)(C)C)c1. The molecular weight excluding hydrogens is 148 g/mol. The van der Waals surface area contributed by atoms with E-state index < -0.39 is 0 Å². The molecule has 0 unspecified atom stereocenters. The van der Waals surface area contributed by atoms with E-state index in [-0.39, 0.29) is 5.41 Å². The van der Waals surface area contributed by atoms with E-state index in [1.807, 2.05) is 18.2 Å². The van der Waals surface area contributed by atoms with E-state index in [0.717, 1.165) is 5.75 Å². The van der Waals surface area contributed by atoms with Crippen molar-refractivity contribution in [3.8, 4) is 5.75 Å². The van der Waals surface area contributed by atoms with Gasteiger partial charge in [0, 0.05) is 0 Å². The molecule has 0 aromatic heterocycles. The van der Waals surface area contributed by atoms with Crippen LogP contribution in [0.15, 0.2) is 24.3 Å². The van der Waals surface area contributed by atoms with Crippen LogP contribution in [0.5, 0.6) is 5.75 Å². The highest BCUT2D eigenvalue weighted by molar-refractivity contribution is 5.32. The van der Waals surface area contributed by atoms with Gasteiger partial charge in [-0.2, -0.15) is 0 Å². The largest absolute Gasteiger partial charge is 0.490 e. The van der Waals surface area contributed by atoms with Crippen LogP contribution in [0.4, 0.5) is 0 Å². The molecule has 0 fully saturated rings. The van der Waals surface area contributed by atoms with Crippen molar-refractivity contribution in [1.82, 2.24) is 0 Å². The number of benzene rings is 1. The van der Waals surface area contributed by atoms with Crippen molar-refractivity contribution in [3.63, 3.8) is 0 Å². The van der Waals surface area contributed by atoms with Crippen LogP contribution in [0, 0.1) is 7.11 Å². The summed E-state index contributed by atoms with van der Waals surface area (Å²) in [5.74, 6) is 0.822. The Morgan fingerprint density at radius 1 is 1.25 bits per heavy atom. The molecule has 1 aromatic rings. The Balaban J connectivity index is 3.02. The van der Waals surface area contributed by atoms with E-state index in [4.69, 9.17) is 4.74 Å². The van der Waals surface area contributed by atoms with Crippen molar-refractivity contribution in [1.29, 1.82) is 0 Å². The first-order valence-corrected chi connectivity index (χ1v) is 4.06. The van der Waals surface area contributed by atoms with Gasteiger partial charge in [-0.15, -0.1) is 0 Å². The Bertz CT molecular complexity index is 258. The lowest BCUT2D eigenvalue weighted by molar-refractivity contribution is 0.469. The Morgan fingerprint density at radius 2 is 1.92 bits per heavy atom. The normalized spacial score (nSPS) is 11.3. The summed E-state index contributed by atoms with van der Waals surface area (Å²) in [6.45, 7) is 6.53. The molecule has 0 bridgehead atoms. The van der Waals surface area contributed by atoms with Gasteiger partial charge in [-0.05, 0) is 23.1 Å². The Morgan fingerprint density at radius 3 is 2.42 bits per heavy atom. The topological polar surface area (TPSA) is 9.23 Å². The van der Waals surface area contributed by atoms with Gasteiger partial charge in [0.05, 0.1) is 0 Å². The minimum atomic E-state index is 0.175. The highest BCUT2D eigenvalue weighted by Gasteiger charge is 2.13. The summed E-state index contributed by atoms with van der Waals surface area (Å²) < 4.78 is 4.90. The average Bonchev–Trinajstić information content (AvgIpc) is 2.03. The Labute approximate surface area is 74.4 Å². The maximum absolute atomic E-state index is 4.90. The van der Waals surface area contributed by atoms with Crippen LogP contribution in [-0.4, -0.2) is 0 Å². The minimum Gasteiger partial charge on any atom is -0.490 e. The number of hydrogen-bond acceptors (Lipinski definition) is 1. The molecule has 12 heavy (non-hydrogen) atoms. The maximum atomic E-state index is 4.90. The molecule has 65 valence electrons. The summed E-state index contributed by atoms with van der Waals surface area (Å²) in [5, 5.41) is 0. The molecule has 0 aliphatic carbocycles. The van der Waals surface area contributed by atoms with Gasteiger partial charge in [0.15, 0.2) is 0 Å². The van der Waals surface area contributed by atoms with Crippen molar-refractivity contribution in [2.45, 2.75) is 26.2 Å². The molecule has 0 saturated carbocycles. The zero-order valence-electron chi connectivity index (χ0n) is 7.92. The van der Waals surface area contributed by atoms with Gasteiger partial charge < -0.3 is 4.74 Å². The molecular formula is C11H15O. The van der Waals surface area contributed by atoms with Gasteiger partial charge in [0.2, 0.25) is 0 Å². The Hall–Kier alpha value is -0.980. The highest BCUT2D eigenvalue weighted by atomic mass is 16.5. The molecule has 0 aliphatic heterocycles. The summed E-state index contributed by atoms with van der Waals surface area (Å²) >= 11 is 0. The van der Waals surface area contributed by atoms with Crippen molar-refractivity contribution in [2.24, 2.45) is 0 Å². The van der Waals surface area contributed by atoms with E-state index in [1.54, 1.807) is 0 Å². The predicted octanol–water partition coefficient (Wildman–Crippen LogP) is 3.15. The van der Waals surface area contributed by atoms with E-state index in [0.29, 0.717) is 0 Å². The van der Waals surface area contributed by atoms with Crippen LogP contribution >= 0.6 is 0 Å². The van der Waals surface area contributed by atoms with Gasteiger partial charge >= 0.3 is 0 Å². The lowest BCUT2D eigenvalue weighted by Crippen LogP contribution is -2.10. The monoisotopic (exact) mass is 163 g/mol. The van der Waals surface area contributed by atoms with Gasteiger partial charge in [0.25, 0.3) is 0 Å².